The predicted octanol–water partition coefficient (Wildman–Crippen LogP) is 2.92. The number of hydrogen-bond donors (Lipinski definition) is 1. The van der Waals surface area contributed by atoms with Crippen LogP contribution in [0, 0.1) is 0 Å². The van der Waals surface area contributed by atoms with Crippen LogP contribution in [0.2, 0.25) is 0 Å². The number of furan rings is 1. The van der Waals surface area contributed by atoms with E-state index < -0.39 is 0 Å². The molecular weight excluding hydrogens is 312 g/mol. The van der Waals surface area contributed by atoms with Gasteiger partial charge in [-0.15, -0.1) is 10.2 Å². The number of carbonyl (C=O) groups is 1. The number of aryl methyl sites for hydroxylation is 1. The van der Waals surface area contributed by atoms with Crippen LogP contribution in [0.15, 0.2) is 46.2 Å². The SMILES string of the molecule is CC(Sc1nncn1C)C(=O)NC(C)c1cc2ccccc2o1. The van der Waals surface area contributed by atoms with E-state index in [-0.39, 0.29) is 17.2 Å². The van der Waals surface area contributed by atoms with Crippen molar-refractivity contribution in [2.45, 2.75) is 30.3 Å². The smallest absolute Gasteiger partial charge is 0.233 e. The van der Waals surface area contributed by atoms with Gasteiger partial charge in [-0.25, -0.2) is 0 Å². The molecule has 120 valence electrons. The Hall–Kier alpha value is -2.28. The molecule has 0 aliphatic carbocycles. The Labute approximate surface area is 138 Å². The molecule has 1 amide bonds. The van der Waals surface area contributed by atoms with Crippen molar-refractivity contribution >= 4 is 28.6 Å². The zero-order chi connectivity index (χ0) is 16.4. The van der Waals surface area contributed by atoms with Gasteiger partial charge in [0.05, 0.1) is 11.3 Å². The fourth-order valence-electron chi connectivity index (χ4n) is 2.21. The quantitative estimate of drug-likeness (QED) is 0.728. The van der Waals surface area contributed by atoms with Gasteiger partial charge in [-0.2, -0.15) is 0 Å². The lowest BCUT2D eigenvalue weighted by Crippen LogP contribution is -2.33. The van der Waals surface area contributed by atoms with Crippen molar-refractivity contribution < 1.29 is 9.21 Å². The number of nitrogens with one attached hydrogen (secondary N) is 1. The highest BCUT2D eigenvalue weighted by molar-refractivity contribution is 8.00. The van der Waals surface area contributed by atoms with E-state index in [1.54, 1.807) is 10.9 Å². The minimum atomic E-state index is -0.273. The first-order valence-corrected chi connectivity index (χ1v) is 8.22. The molecule has 3 aromatic rings. The van der Waals surface area contributed by atoms with Gasteiger partial charge >= 0.3 is 0 Å². The van der Waals surface area contributed by atoms with Crippen molar-refractivity contribution in [1.82, 2.24) is 20.1 Å². The van der Waals surface area contributed by atoms with Gasteiger partial charge in [-0.3, -0.25) is 4.79 Å². The summed E-state index contributed by atoms with van der Waals surface area (Å²) in [7, 11) is 1.85. The summed E-state index contributed by atoms with van der Waals surface area (Å²) in [4.78, 5) is 12.3. The Morgan fingerprint density at radius 3 is 2.83 bits per heavy atom. The van der Waals surface area contributed by atoms with Crippen molar-refractivity contribution in [3.8, 4) is 0 Å². The van der Waals surface area contributed by atoms with Crippen molar-refractivity contribution in [3.63, 3.8) is 0 Å². The zero-order valence-electron chi connectivity index (χ0n) is 13.2. The number of carbonyl (C=O) groups excluding carboxylic acids is 1. The van der Waals surface area contributed by atoms with Crippen LogP contribution in [-0.2, 0) is 11.8 Å². The maximum absolute atomic E-state index is 12.3. The third-order valence-electron chi connectivity index (χ3n) is 3.55. The van der Waals surface area contributed by atoms with E-state index in [4.69, 9.17) is 4.42 Å². The van der Waals surface area contributed by atoms with Crippen LogP contribution in [0.3, 0.4) is 0 Å². The number of rotatable bonds is 5. The molecule has 23 heavy (non-hydrogen) atoms. The Kier molecular flexibility index (Phi) is 4.38. The van der Waals surface area contributed by atoms with Crippen LogP contribution in [0.25, 0.3) is 11.0 Å². The molecule has 0 saturated heterocycles. The lowest BCUT2D eigenvalue weighted by atomic mass is 10.2. The number of nitrogens with zero attached hydrogens (tertiary/aromatic N) is 3. The molecule has 1 N–H and O–H groups in total. The maximum atomic E-state index is 12.3. The van der Waals surface area contributed by atoms with Gasteiger partial charge < -0.3 is 14.3 Å². The third kappa shape index (κ3) is 3.39. The minimum Gasteiger partial charge on any atom is -0.459 e. The Morgan fingerprint density at radius 2 is 2.13 bits per heavy atom. The number of amides is 1. The van der Waals surface area contributed by atoms with E-state index in [0.717, 1.165) is 16.7 Å². The molecule has 2 aromatic heterocycles. The molecule has 0 saturated carbocycles. The molecular formula is C16H18N4O2S. The number of para-hydroxylation sites is 1. The second-order valence-electron chi connectivity index (χ2n) is 5.40. The van der Waals surface area contributed by atoms with Crippen LogP contribution in [-0.4, -0.2) is 25.9 Å². The van der Waals surface area contributed by atoms with Crippen LogP contribution >= 0.6 is 11.8 Å². The van der Waals surface area contributed by atoms with Crippen molar-refractivity contribution in [1.29, 1.82) is 0 Å². The van der Waals surface area contributed by atoms with Gasteiger partial charge in [0, 0.05) is 12.4 Å². The topological polar surface area (TPSA) is 73.0 Å². The summed E-state index contributed by atoms with van der Waals surface area (Å²) in [6, 6.07) is 9.56. The number of aromatic nitrogens is 3. The van der Waals surface area contributed by atoms with Gasteiger partial charge in [0.2, 0.25) is 5.91 Å². The second-order valence-corrected chi connectivity index (χ2v) is 6.71. The first-order valence-electron chi connectivity index (χ1n) is 7.34. The molecule has 3 rings (SSSR count). The van der Waals surface area contributed by atoms with E-state index in [1.807, 2.05) is 51.2 Å². The molecule has 2 heterocycles. The highest BCUT2D eigenvalue weighted by Gasteiger charge is 2.20. The van der Waals surface area contributed by atoms with E-state index in [9.17, 15) is 4.79 Å². The minimum absolute atomic E-state index is 0.0639. The lowest BCUT2D eigenvalue weighted by molar-refractivity contribution is -0.121. The van der Waals surface area contributed by atoms with Gasteiger partial charge in [0.1, 0.15) is 17.7 Å². The van der Waals surface area contributed by atoms with Gasteiger partial charge in [0.15, 0.2) is 5.16 Å². The van der Waals surface area contributed by atoms with Crippen molar-refractivity contribution in [3.05, 3.63) is 42.4 Å². The molecule has 7 heteroatoms. The molecule has 1 aromatic carbocycles. The molecule has 0 aliphatic heterocycles. The van der Waals surface area contributed by atoms with E-state index in [1.165, 1.54) is 11.8 Å². The highest BCUT2D eigenvalue weighted by atomic mass is 32.2. The fraction of sp³-hybridized carbons (Fsp3) is 0.312. The molecule has 2 atom stereocenters. The van der Waals surface area contributed by atoms with Crippen molar-refractivity contribution in [2.75, 3.05) is 0 Å². The Morgan fingerprint density at radius 1 is 1.35 bits per heavy atom. The number of thioether (sulfide) groups is 1. The van der Waals surface area contributed by atoms with E-state index in [2.05, 4.69) is 15.5 Å². The largest absolute Gasteiger partial charge is 0.459 e. The maximum Gasteiger partial charge on any atom is 0.233 e. The number of hydrogen-bond acceptors (Lipinski definition) is 5. The molecule has 0 aliphatic rings. The van der Waals surface area contributed by atoms with Gasteiger partial charge in [-0.05, 0) is 26.0 Å². The summed E-state index contributed by atoms with van der Waals surface area (Å²) in [5.41, 5.74) is 0.824. The normalized spacial score (nSPS) is 13.9. The zero-order valence-corrected chi connectivity index (χ0v) is 14.0. The Bertz CT molecular complexity index is 793. The lowest BCUT2D eigenvalue weighted by Gasteiger charge is -2.15. The van der Waals surface area contributed by atoms with Gasteiger partial charge in [-0.1, -0.05) is 30.0 Å². The third-order valence-corrected chi connectivity index (χ3v) is 4.70. The summed E-state index contributed by atoms with van der Waals surface area (Å²) in [6.07, 6.45) is 1.62. The summed E-state index contributed by atoms with van der Waals surface area (Å²) in [5.74, 6) is 0.682. The summed E-state index contributed by atoms with van der Waals surface area (Å²) in [6.45, 7) is 3.76. The van der Waals surface area contributed by atoms with Crippen LogP contribution in [0.5, 0.6) is 0 Å². The predicted molar refractivity (Wildman–Crippen MR) is 89.1 cm³/mol. The average molecular weight is 330 g/mol. The average Bonchev–Trinajstić information content (AvgIpc) is 3.13. The highest BCUT2D eigenvalue weighted by Crippen LogP contribution is 2.25. The monoisotopic (exact) mass is 330 g/mol. The van der Waals surface area contributed by atoms with E-state index >= 15 is 0 Å². The summed E-state index contributed by atoms with van der Waals surface area (Å²) >= 11 is 1.37. The molecule has 0 fully saturated rings. The van der Waals surface area contributed by atoms with Gasteiger partial charge in [0.25, 0.3) is 0 Å². The molecule has 0 spiro atoms. The Balaban J connectivity index is 1.65. The fourth-order valence-corrected chi connectivity index (χ4v) is 3.01. The summed E-state index contributed by atoms with van der Waals surface area (Å²) < 4.78 is 7.58. The van der Waals surface area contributed by atoms with Crippen LogP contribution < -0.4 is 5.32 Å². The number of fused-ring (bicyclic) bond motifs is 1. The first-order chi connectivity index (χ1) is 11.0. The van der Waals surface area contributed by atoms with Crippen LogP contribution in [0.1, 0.15) is 25.6 Å². The number of benzene rings is 1. The summed E-state index contributed by atoms with van der Waals surface area (Å²) in [5, 5.41) is 12.2. The van der Waals surface area contributed by atoms with E-state index in [0.29, 0.717) is 5.16 Å². The van der Waals surface area contributed by atoms with Crippen LogP contribution in [0.4, 0.5) is 0 Å². The van der Waals surface area contributed by atoms with Crippen molar-refractivity contribution in [2.24, 2.45) is 7.05 Å². The molecule has 6 nitrogen and oxygen atoms in total. The molecule has 0 bridgehead atoms. The first kappa shape index (κ1) is 15.6. The standard InChI is InChI=1S/C16H18N4O2S/c1-10(14-8-12-6-4-5-7-13(12)22-14)18-15(21)11(2)23-16-19-17-9-20(16)3/h4-11H,1-3H3,(H,18,21). The molecule has 2 unspecified atom stereocenters. The second kappa shape index (κ2) is 6.45. The molecule has 0 radical (unpaired) electrons.